The maximum atomic E-state index is 11.5. The normalized spacial score (nSPS) is 24.2. The van der Waals surface area contributed by atoms with Crippen molar-refractivity contribution in [1.82, 2.24) is 4.90 Å². The fourth-order valence-electron chi connectivity index (χ4n) is 3.11. The molecule has 112 valence electrons. The Kier molecular flexibility index (Phi) is 6.84. The van der Waals surface area contributed by atoms with E-state index in [1.165, 1.54) is 38.5 Å². The Morgan fingerprint density at radius 1 is 1.21 bits per heavy atom. The van der Waals surface area contributed by atoms with Crippen molar-refractivity contribution in [2.45, 2.75) is 65.7 Å². The highest BCUT2D eigenvalue weighted by Gasteiger charge is 2.46. The summed E-state index contributed by atoms with van der Waals surface area (Å²) in [6.07, 6.45) is 8.64. The quantitative estimate of drug-likeness (QED) is 0.648. The molecule has 0 aliphatic carbocycles. The summed E-state index contributed by atoms with van der Waals surface area (Å²) in [5.41, 5.74) is -0.498. The number of rotatable bonds is 9. The number of nitrogens with zero attached hydrogens (tertiary/aromatic N) is 1. The molecule has 1 aliphatic rings. The molecule has 1 heterocycles. The van der Waals surface area contributed by atoms with Gasteiger partial charge in [0.15, 0.2) is 0 Å². The lowest BCUT2D eigenvalue weighted by Crippen LogP contribution is -2.39. The minimum Gasteiger partial charge on any atom is -0.481 e. The van der Waals surface area contributed by atoms with Gasteiger partial charge < -0.3 is 10.0 Å². The minimum atomic E-state index is -0.604. The van der Waals surface area contributed by atoms with Crippen LogP contribution in [0.2, 0.25) is 0 Å². The van der Waals surface area contributed by atoms with E-state index < -0.39 is 11.4 Å². The molecule has 1 unspecified atom stereocenters. The summed E-state index contributed by atoms with van der Waals surface area (Å²) in [4.78, 5) is 13.9. The lowest BCUT2D eigenvalue weighted by atomic mass is 9.76. The van der Waals surface area contributed by atoms with Crippen LogP contribution in [0.15, 0.2) is 0 Å². The molecule has 0 aromatic heterocycles. The van der Waals surface area contributed by atoms with Crippen molar-refractivity contribution in [3.63, 3.8) is 0 Å². The third-order valence-corrected chi connectivity index (χ3v) is 4.74. The Morgan fingerprint density at radius 3 is 2.37 bits per heavy atom. The van der Waals surface area contributed by atoms with Gasteiger partial charge in [0, 0.05) is 6.54 Å². The predicted octanol–water partition coefficient (Wildman–Crippen LogP) is 3.78. The molecule has 0 spiro atoms. The summed E-state index contributed by atoms with van der Waals surface area (Å²) in [7, 11) is 0. The number of carboxylic acids is 1. The maximum Gasteiger partial charge on any atom is 0.311 e. The van der Waals surface area contributed by atoms with Gasteiger partial charge in [-0.05, 0) is 31.8 Å². The summed E-state index contributed by atoms with van der Waals surface area (Å²) >= 11 is 0. The fourth-order valence-corrected chi connectivity index (χ4v) is 3.11. The first-order chi connectivity index (χ1) is 9.03. The molecule has 0 amide bonds. The first-order valence-corrected chi connectivity index (χ1v) is 7.98. The second-order valence-electron chi connectivity index (χ2n) is 6.41. The molecule has 0 saturated carbocycles. The molecule has 1 fully saturated rings. The summed E-state index contributed by atoms with van der Waals surface area (Å²) in [6.45, 7) is 9.11. The zero-order valence-corrected chi connectivity index (χ0v) is 13.0. The third-order valence-electron chi connectivity index (χ3n) is 4.74. The van der Waals surface area contributed by atoms with Gasteiger partial charge in [-0.15, -0.1) is 0 Å². The SMILES string of the molecule is CCCCCCCCN1CCC(C(=O)O)(C(C)C)C1. The van der Waals surface area contributed by atoms with Gasteiger partial charge in [0.2, 0.25) is 0 Å². The second-order valence-corrected chi connectivity index (χ2v) is 6.41. The van der Waals surface area contributed by atoms with Crippen LogP contribution in [0.25, 0.3) is 0 Å². The van der Waals surface area contributed by atoms with E-state index in [9.17, 15) is 9.90 Å². The van der Waals surface area contributed by atoms with Gasteiger partial charge in [0.05, 0.1) is 5.41 Å². The largest absolute Gasteiger partial charge is 0.481 e. The van der Waals surface area contributed by atoms with Crippen LogP contribution in [0.5, 0.6) is 0 Å². The molecule has 1 N–H and O–H groups in total. The molecule has 19 heavy (non-hydrogen) atoms. The average molecular weight is 269 g/mol. The smallest absolute Gasteiger partial charge is 0.311 e. The second kappa shape index (κ2) is 7.88. The molecule has 3 nitrogen and oxygen atoms in total. The monoisotopic (exact) mass is 269 g/mol. The topological polar surface area (TPSA) is 40.5 Å². The van der Waals surface area contributed by atoms with Gasteiger partial charge in [0.1, 0.15) is 0 Å². The summed E-state index contributed by atoms with van der Waals surface area (Å²) in [5, 5.41) is 9.49. The highest BCUT2D eigenvalue weighted by Crippen LogP contribution is 2.38. The Balaban J connectivity index is 2.26. The third kappa shape index (κ3) is 4.48. The van der Waals surface area contributed by atoms with Gasteiger partial charge in [-0.1, -0.05) is 52.9 Å². The van der Waals surface area contributed by atoms with E-state index in [0.29, 0.717) is 0 Å². The van der Waals surface area contributed by atoms with E-state index in [1.807, 2.05) is 13.8 Å². The van der Waals surface area contributed by atoms with Crippen LogP contribution in [-0.4, -0.2) is 35.6 Å². The highest BCUT2D eigenvalue weighted by molar-refractivity contribution is 5.75. The van der Waals surface area contributed by atoms with Crippen molar-refractivity contribution in [3.8, 4) is 0 Å². The van der Waals surface area contributed by atoms with Gasteiger partial charge in [-0.2, -0.15) is 0 Å². The van der Waals surface area contributed by atoms with Crippen LogP contribution >= 0.6 is 0 Å². The van der Waals surface area contributed by atoms with Crippen molar-refractivity contribution in [1.29, 1.82) is 0 Å². The van der Waals surface area contributed by atoms with Gasteiger partial charge in [-0.25, -0.2) is 0 Å². The van der Waals surface area contributed by atoms with E-state index in [2.05, 4.69) is 11.8 Å². The Bertz CT molecular complexity index is 278. The number of hydrogen-bond acceptors (Lipinski definition) is 2. The van der Waals surface area contributed by atoms with E-state index >= 15 is 0 Å². The van der Waals surface area contributed by atoms with Gasteiger partial charge in [-0.3, -0.25) is 4.79 Å². The lowest BCUT2D eigenvalue weighted by Gasteiger charge is -2.28. The maximum absolute atomic E-state index is 11.5. The van der Waals surface area contributed by atoms with E-state index in [0.717, 1.165) is 26.1 Å². The predicted molar refractivity (Wildman–Crippen MR) is 79.3 cm³/mol. The molecule has 1 aliphatic heterocycles. The number of aliphatic carboxylic acids is 1. The molecule has 0 radical (unpaired) electrons. The van der Waals surface area contributed by atoms with Crippen LogP contribution in [0.4, 0.5) is 0 Å². The number of hydrogen-bond donors (Lipinski definition) is 1. The average Bonchev–Trinajstić information content (AvgIpc) is 2.79. The van der Waals surface area contributed by atoms with Gasteiger partial charge in [0.25, 0.3) is 0 Å². The molecule has 1 saturated heterocycles. The summed E-state index contributed by atoms with van der Waals surface area (Å²) < 4.78 is 0. The number of likely N-dealkylation sites (tertiary alicyclic amines) is 1. The molecule has 0 aromatic rings. The fraction of sp³-hybridized carbons (Fsp3) is 0.938. The van der Waals surface area contributed by atoms with E-state index in [4.69, 9.17) is 0 Å². The highest BCUT2D eigenvalue weighted by atomic mass is 16.4. The number of carboxylic acid groups (broad SMARTS) is 1. The van der Waals surface area contributed by atoms with Gasteiger partial charge >= 0.3 is 5.97 Å². The molecular weight excluding hydrogens is 238 g/mol. The molecular formula is C16H31NO2. The van der Waals surface area contributed by atoms with Crippen molar-refractivity contribution in [2.24, 2.45) is 11.3 Å². The molecule has 1 atom stereocenters. The Labute approximate surface area is 118 Å². The molecule has 1 rings (SSSR count). The van der Waals surface area contributed by atoms with Crippen LogP contribution in [0.3, 0.4) is 0 Å². The zero-order chi connectivity index (χ0) is 14.3. The van der Waals surface area contributed by atoms with Crippen LogP contribution < -0.4 is 0 Å². The van der Waals surface area contributed by atoms with Crippen LogP contribution in [-0.2, 0) is 4.79 Å². The van der Waals surface area contributed by atoms with Crippen molar-refractivity contribution < 1.29 is 9.90 Å². The molecule has 0 aromatic carbocycles. The lowest BCUT2D eigenvalue weighted by molar-refractivity contribution is -0.151. The molecule has 3 heteroatoms. The first-order valence-electron chi connectivity index (χ1n) is 7.98. The standard InChI is InChI=1S/C16H31NO2/c1-4-5-6-7-8-9-11-17-12-10-16(13-17,14(2)3)15(18)19/h14H,4-13H2,1-3H3,(H,18,19). The number of carbonyl (C=O) groups is 1. The number of unbranched alkanes of at least 4 members (excludes halogenated alkanes) is 5. The minimum absolute atomic E-state index is 0.222. The van der Waals surface area contributed by atoms with Crippen molar-refractivity contribution in [3.05, 3.63) is 0 Å². The van der Waals surface area contributed by atoms with Crippen molar-refractivity contribution in [2.75, 3.05) is 19.6 Å². The van der Waals surface area contributed by atoms with E-state index in [1.54, 1.807) is 0 Å². The van der Waals surface area contributed by atoms with Crippen LogP contribution in [0, 0.1) is 11.3 Å². The van der Waals surface area contributed by atoms with Crippen LogP contribution in [0.1, 0.15) is 65.7 Å². The molecule has 0 bridgehead atoms. The summed E-state index contributed by atoms with van der Waals surface area (Å²) in [5.74, 6) is -0.382. The first kappa shape index (κ1) is 16.5. The summed E-state index contributed by atoms with van der Waals surface area (Å²) in [6, 6.07) is 0. The van der Waals surface area contributed by atoms with E-state index in [-0.39, 0.29) is 5.92 Å². The van der Waals surface area contributed by atoms with Crippen molar-refractivity contribution >= 4 is 5.97 Å². The zero-order valence-electron chi connectivity index (χ0n) is 13.0. The Morgan fingerprint density at radius 2 is 1.84 bits per heavy atom. The Hall–Kier alpha value is -0.570.